The van der Waals surface area contributed by atoms with Gasteiger partial charge in [-0.1, -0.05) is 18.2 Å². The minimum atomic E-state index is -0.227. The summed E-state index contributed by atoms with van der Waals surface area (Å²) in [6.45, 7) is 6.42. The summed E-state index contributed by atoms with van der Waals surface area (Å²) < 4.78 is 19.0. The Hall–Kier alpha value is -2.40. The Morgan fingerprint density at radius 3 is 2.62 bits per heavy atom. The topological polar surface area (TPSA) is 32.8 Å². The van der Waals surface area contributed by atoms with E-state index in [1.165, 1.54) is 6.07 Å². The van der Waals surface area contributed by atoms with Gasteiger partial charge >= 0.3 is 0 Å². The quantitative estimate of drug-likeness (QED) is 0.755. The molecule has 0 saturated carbocycles. The van der Waals surface area contributed by atoms with Gasteiger partial charge in [-0.25, -0.2) is 4.39 Å². The fourth-order valence-corrected chi connectivity index (χ4v) is 5.22. The van der Waals surface area contributed by atoms with Crippen LogP contribution in [0.4, 0.5) is 10.1 Å². The van der Waals surface area contributed by atoms with E-state index in [1.54, 1.807) is 19.2 Å². The third-order valence-electron chi connectivity index (χ3n) is 6.42. The molecule has 1 atom stereocenters. The number of amides is 1. The Morgan fingerprint density at radius 2 is 1.93 bits per heavy atom. The van der Waals surface area contributed by atoms with Crippen molar-refractivity contribution >= 4 is 11.6 Å². The van der Waals surface area contributed by atoms with Gasteiger partial charge in [-0.05, 0) is 69.0 Å². The van der Waals surface area contributed by atoms with Crippen molar-refractivity contribution < 1.29 is 13.9 Å². The first-order valence-corrected chi connectivity index (χ1v) is 10.3. The predicted octanol–water partition coefficient (Wildman–Crippen LogP) is 4.64. The molecule has 2 aromatic rings. The van der Waals surface area contributed by atoms with Crippen LogP contribution in [0.5, 0.6) is 0 Å². The first kappa shape index (κ1) is 19.9. The number of rotatable bonds is 4. The van der Waals surface area contributed by atoms with Crippen molar-refractivity contribution in [2.75, 3.05) is 25.1 Å². The second-order valence-corrected chi connectivity index (χ2v) is 8.97. The molecule has 154 valence electrons. The molecular formula is C24H29FN2O2. The maximum atomic E-state index is 13.9. The average Bonchev–Trinajstić information content (AvgIpc) is 3.21. The normalized spacial score (nSPS) is 23.2. The van der Waals surface area contributed by atoms with Crippen molar-refractivity contribution in [3.8, 4) is 0 Å². The van der Waals surface area contributed by atoms with Crippen LogP contribution in [-0.2, 0) is 11.3 Å². The van der Waals surface area contributed by atoms with E-state index in [0.717, 1.165) is 43.6 Å². The van der Waals surface area contributed by atoms with Gasteiger partial charge in [-0.15, -0.1) is 0 Å². The van der Waals surface area contributed by atoms with Crippen molar-refractivity contribution in [1.29, 1.82) is 0 Å². The van der Waals surface area contributed by atoms with E-state index in [4.69, 9.17) is 4.74 Å². The molecule has 2 saturated heterocycles. The summed E-state index contributed by atoms with van der Waals surface area (Å²) in [6, 6.07) is 14.5. The molecule has 29 heavy (non-hydrogen) atoms. The molecule has 4 nitrogen and oxygen atoms in total. The highest BCUT2D eigenvalue weighted by molar-refractivity contribution is 5.95. The zero-order valence-electron chi connectivity index (χ0n) is 17.5. The van der Waals surface area contributed by atoms with Crippen molar-refractivity contribution in [2.24, 2.45) is 0 Å². The largest absolute Gasteiger partial charge is 0.380 e. The molecule has 0 aromatic heterocycles. The van der Waals surface area contributed by atoms with Gasteiger partial charge < -0.3 is 14.5 Å². The third-order valence-corrected chi connectivity index (χ3v) is 6.42. The number of carbonyl (C=O) groups excluding carboxylic acids is 1. The number of benzene rings is 2. The molecule has 5 heteroatoms. The summed E-state index contributed by atoms with van der Waals surface area (Å²) in [6.07, 6.45) is 2.86. The number of hydrogen-bond donors (Lipinski definition) is 0. The smallest absolute Gasteiger partial charge is 0.254 e. The number of halogens is 1. The zero-order chi connectivity index (χ0) is 20.6. The lowest BCUT2D eigenvalue weighted by atomic mass is 9.87. The first-order chi connectivity index (χ1) is 13.8. The Morgan fingerprint density at radius 1 is 1.17 bits per heavy atom. The molecule has 1 amide bonds. The van der Waals surface area contributed by atoms with Crippen LogP contribution in [0, 0.1) is 5.82 Å². The lowest BCUT2D eigenvalue weighted by Crippen LogP contribution is -2.49. The number of carbonyl (C=O) groups is 1. The SMILES string of the molecule is COCc1ccc(C(=O)N2CCCC23CN(c2cccc(F)c2)C(C)(C)C3)cc1. The molecule has 2 aromatic carbocycles. The van der Waals surface area contributed by atoms with E-state index in [-0.39, 0.29) is 22.8 Å². The Labute approximate surface area is 172 Å². The second-order valence-electron chi connectivity index (χ2n) is 8.97. The molecule has 1 spiro atoms. The minimum absolute atomic E-state index is 0.0864. The first-order valence-electron chi connectivity index (χ1n) is 10.3. The van der Waals surface area contributed by atoms with Gasteiger partial charge in [0.25, 0.3) is 5.91 Å². The fraction of sp³-hybridized carbons (Fsp3) is 0.458. The van der Waals surface area contributed by atoms with E-state index < -0.39 is 0 Å². The number of hydrogen-bond acceptors (Lipinski definition) is 3. The summed E-state index contributed by atoms with van der Waals surface area (Å²) in [5.74, 6) is -0.141. The lowest BCUT2D eigenvalue weighted by Gasteiger charge is -2.35. The van der Waals surface area contributed by atoms with Crippen molar-refractivity contribution in [3.63, 3.8) is 0 Å². The second kappa shape index (κ2) is 7.45. The molecule has 0 N–H and O–H groups in total. The minimum Gasteiger partial charge on any atom is -0.380 e. The fourth-order valence-electron chi connectivity index (χ4n) is 5.22. The molecule has 0 bridgehead atoms. The van der Waals surface area contributed by atoms with Gasteiger partial charge in [-0.3, -0.25) is 4.79 Å². The van der Waals surface area contributed by atoms with Crippen LogP contribution in [0.25, 0.3) is 0 Å². The molecule has 1 unspecified atom stereocenters. The van der Waals surface area contributed by atoms with Crippen molar-refractivity contribution in [3.05, 3.63) is 65.5 Å². The molecule has 2 aliphatic heterocycles. The Kier molecular flexibility index (Phi) is 5.11. The van der Waals surface area contributed by atoms with Gasteiger partial charge in [0.15, 0.2) is 0 Å². The van der Waals surface area contributed by atoms with Gasteiger partial charge in [0, 0.05) is 37.0 Å². The third kappa shape index (κ3) is 3.64. The highest BCUT2D eigenvalue weighted by Crippen LogP contribution is 2.47. The Bertz CT molecular complexity index is 896. The molecule has 0 radical (unpaired) electrons. The summed E-state index contributed by atoms with van der Waals surface area (Å²) in [5, 5.41) is 0. The van der Waals surface area contributed by atoms with Crippen LogP contribution in [-0.4, -0.2) is 42.1 Å². The Balaban J connectivity index is 1.61. The van der Waals surface area contributed by atoms with Crippen LogP contribution < -0.4 is 4.90 Å². The van der Waals surface area contributed by atoms with E-state index in [9.17, 15) is 9.18 Å². The van der Waals surface area contributed by atoms with Crippen LogP contribution >= 0.6 is 0 Å². The van der Waals surface area contributed by atoms with E-state index in [1.807, 2.05) is 30.3 Å². The summed E-state index contributed by atoms with van der Waals surface area (Å²) >= 11 is 0. The van der Waals surface area contributed by atoms with Crippen LogP contribution in [0.3, 0.4) is 0 Å². The molecule has 2 aliphatic rings. The van der Waals surface area contributed by atoms with Crippen LogP contribution in [0.15, 0.2) is 48.5 Å². The van der Waals surface area contributed by atoms with Crippen LogP contribution in [0.1, 0.15) is 49.0 Å². The molecule has 2 heterocycles. The predicted molar refractivity (Wildman–Crippen MR) is 113 cm³/mol. The molecular weight excluding hydrogens is 367 g/mol. The van der Waals surface area contributed by atoms with E-state index >= 15 is 0 Å². The standard InChI is InChI=1S/C24H29FN2O2/c1-23(2)16-24(17-27(23)21-7-4-6-20(25)14-21)12-5-13-26(24)22(28)19-10-8-18(9-11-19)15-29-3/h4,6-11,14H,5,12-13,15-17H2,1-3H3. The zero-order valence-corrected chi connectivity index (χ0v) is 17.5. The summed E-state index contributed by atoms with van der Waals surface area (Å²) in [7, 11) is 1.67. The van der Waals surface area contributed by atoms with E-state index in [2.05, 4.69) is 23.6 Å². The maximum absolute atomic E-state index is 13.9. The van der Waals surface area contributed by atoms with Gasteiger partial charge in [0.2, 0.25) is 0 Å². The number of nitrogens with zero attached hydrogens (tertiary/aromatic N) is 2. The molecule has 0 aliphatic carbocycles. The van der Waals surface area contributed by atoms with Crippen molar-refractivity contribution in [1.82, 2.24) is 4.90 Å². The number of ether oxygens (including phenoxy) is 1. The van der Waals surface area contributed by atoms with Gasteiger partial charge in [-0.2, -0.15) is 0 Å². The molecule has 2 fully saturated rings. The molecule has 4 rings (SSSR count). The van der Waals surface area contributed by atoms with Gasteiger partial charge in [0.05, 0.1) is 12.1 Å². The number of methoxy groups -OCH3 is 1. The monoisotopic (exact) mass is 396 g/mol. The number of likely N-dealkylation sites (tertiary alicyclic amines) is 1. The lowest BCUT2D eigenvalue weighted by molar-refractivity contribution is 0.0617. The van der Waals surface area contributed by atoms with Crippen molar-refractivity contribution in [2.45, 2.75) is 50.8 Å². The highest BCUT2D eigenvalue weighted by Gasteiger charge is 2.54. The highest BCUT2D eigenvalue weighted by atomic mass is 19.1. The summed E-state index contributed by atoms with van der Waals surface area (Å²) in [4.78, 5) is 17.7. The van der Waals surface area contributed by atoms with Crippen LogP contribution in [0.2, 0.25) is 0 Å². The maximum Gasteiger partial charge on any atom is 0.254 e. The van der Waals surface area contributed by atoms with Gasteiger partial charge in [0.1, 0.15) is 5.82 Å². The summed E-state index contributed by atoms with van der Waals surface area (Å²) in [5.41, 5.74) is 2.29. The van der Waals surface area contributed by atoms with E-state index in [0.29, 0.717) is 12.2 Å². The average molecular weight is 397 g/mol. The number of anilines is 1.